The Morgan fingerprint density at radius 3 is 1.08 bits per heavy atom. The van der Waals surface area contributed by atoms with Crippen LogP contribution < -0.4 is 0 Å². The smallest absolute Gasteiger partial charge is 0.309 e. The molecule has 0 spiro atoms. The van der Waals surface area contributed by atoms with Crippen LogP contribution in [0.25, 0.3) is 0 Å². The molecule has 5 fully saturated rings. The Labute approximate surface area is 300 Å². The quantitative estimate of drug-likeness (QED) is 0.0940. The van der Waals surface area contributed by atoms with Gasteiger partial charge >= 0.3 is 23.9 Å². The molecule has 0 saturated heterocycles. The molecule has 3 atom stereocenters. The van der Waals surface area contributed by atoms with Crippen molar-refractivity contribution in [1.82, 2.24) is 0 Å². The van der Waals surface area contributed by atoms with Gasteiger partial charge in [0.2, 0.25) is 0 Å². The van der Waals surface area contributed by atoms with Crippen molar-refractivity contribution < 1.29 is 42.9 Å². The van der Waals surface area contributed by atoms with Crippen LogP contribution in [0.4, 0.5) is 0 Å². The van der Waals surface area contributed by atoms with Gasteiger partial charge < -0.3 is 23.7 Å². The van der Waals surface area contributed by atoms with Gasteiger partial charge in [0.15, 0.2) is 18.3 Å². The molecular formula is C41H64O9. The van der Waals surface area contributed by atoms with Gasteiger partial charge in [0.05, 0.1) is 29.4 Å². The third kappa shape index (κ3) is 11.7. The van der Waals surface area contributed by atoms with Crippen LogP contribution >= 0.6 is 0 Å². The summed E-state index contributed by atoms with van der Waals surface area (Å²) < 4.78 is 31.2. The average Bonchev–Trinajstić information content (AvgIpc) is 3.18. The van der Waals surface area contributed by atoms with Crippen LogP contribution in [-0.2, 0) is 42.9 Å². The van der Waals surface area contributed by atoms with Crippen LogP contribution in [0.3, 0.4) is 0 Å². The number of carbonyl (C=O) groups is 4. The molecule has 9 heteroatoms. The van der Waals surface area contributed by atoms with E-state index < -0.39 is 18.3 Å². The minimum Gasteiger partial charge on any atom is -0.487 e. The lowest BCUT2D eigenvalue weighted by Crippen LogP contribution is -2.51. The van der Waals surface area contributed by atoms with Gasteiger partial charge in [-0.3, -0.25) is 19.2 Å². The lowest BCUT2D eigenvalue weighted by Gasteiger charge is -2.36. The van der Waals surface area contributed by atoms with Gasteiger partial charge in [0.1, 0.15) is 13.2 Å². The summed E-state index contributed by atoms with van der Waals surface area (Å²) in [6.07, 6.45) is 20.1. The fourth-order valence-electron chi connectivity index (χ4n) is 8.89. The summed E-state index contributed by atoms with van der Waals surface area (Å²) in [7, 11) is 0. The average molecular weight is 701 g/mol. The number of esters is 4. The van der Waals surface area contributed by atoms with Gasteiger partial charge in [-0.15, -0.1) is 0 Å². The Hall–Kier alpha value is -2.58. The van der Waals surface area contributed by atoms with E-state index in [1.807, 2.05) is 0 Å². The van der Waals surface area contributed by atoms with Crippen LogP contribution in [0.1, 0.15) is 161 Å². The zero-order chi connectivity index (χ0) is 35.1. The first kappa shape index (κ1) is 38.6. The zero-order valence-corrected chi connectivity index (χ0v) is 30.6. The summed E-state index contributed by atoms with van der Waals surface area (Å²) in [5.74, 6) is -1.56. The molecule has 50 heavy (non-hydrogen) atoms. The van der Waals surface area contributed by atoms with Crippen LogP contribution in [0.15, 0.2) is 12.3 Å². The summed E-state index contributed by atoms with van der Waals surface area (Å²) in [6, 6.07) is 0. The standard InChI is InChI=1S/C41H64O9/c1-29(30-17-7-2-8-18-30)48-35(27-46-38(42)31-19-9-3-10-20-31)37(50-41(45)34-25-15-6-16-26-34)36(49-40(44)33-23-13-5-14-24-33)28-47-39(43)32-21-11-4-12-22-32/h30-37H,1-28H2. The molecule has 0 heterocycles. The van der Waals surface area contributed by atoms with E-state index in [0.717, 1.165) is 154 Å². The monoisotopic (exact) mass is 700 g/mol. The Morgan fingerprint density at radius 1 is 0.400 bits per heavy atom. The zero-order valence-electron chi connectivity index (χ0n) is 30.6. The molecule has 3 unspecified atom stereocenters. The molecule has 0 radical (unpaired) electrons. The van der Waals surface area contributed by atoms with Crippen molar-refractivity contribution in [2.24, 2.45) is 29.6 Å². The van der Waals surface area contributed by atoms with Crippen molar-refractivity contribution in [3.63, 3.8) is 0 Å². The van der Waals surface area contributed by atoms with Crippen molar-refractivity contribution in [3.05, 3.63) is 12.3 Å². The topological polar surface area (TPSA) is 114 Å². The lowest BCUT2D eigenvalue weighted by molar-refractivity contribution is -0.197. The normalized spacial score (nSPS) is 23.9. The van der Waals surface area contributed by atoms with Crippen molar-refractivity contribution in [2.75, 3.05) is 13.2 Å². The fourth-order valence-corrected chi connectivity index (χ4v) is 8.89. The third-order valence-electron chi connectivity index (χ3n) is 12.1. The van der Waals surface area contributed by atoms with E-state index in [-0.39, 0.29) is 66.7 Å². The van der Waals surface area contributed by atoms with E-state index in [4.69, 9.17) is 23.7 Å². The number of hydrogen-bond acceptors (Lipinski definition) is 9. The number of hydrogen-bond donors (Lipinski definition) is 0. The molecule has 0 aromatic carbocycles. The molecular weight excluding hydrogens is 636 g/mol. The van der Waals surface area contributed by atoms with Gasteiger partial charge in [-0.05, 0) is 64.2 Å². The molecule has 5 aliphatic carbocycles. The first-order valence-electron chi connectivity index (χ1n) is 20.5. The first-order valence-corrected chi connectivity index (χ1v) is 20.5. The van der Waals surface area contributed by atoms with Gasteiger partial charge in [-0.2, -0.15) is 0 Å². The van der Waals surface area contributed by atoms with Gasteiger partial charge in [0.25, 0.3) is 0 Å². The minimum atomic E-state index is -1.16. The van der Waals surface area contributed by atoms with Crippen molar-refractivity contribution >= 4 is 23.9 Å². The first-order chi connectivity index (χ1) is 24.4. The van der Waals surface area contributed by atoms with Crippen LogP contribution in [0, 0.1) is 29.6 Å². The Kier molecular flexibility index (Phi) is 15.8. The van der Waals surface area contributed by atoms with Gasteiger partial charge in [-0.1, -0.05) is 103 Å². The molecule has 5 aliphatic rings. The predicted octanol–water partition coefficient (Wildman–Crippen LogP) is 8.70. The summed E-state index contributed by atoms with van der Waals surface area (Å²) in [4.78, 5) is 54.4. The molecule has 5 rings (SSSR count). The fraction of sp³-hybridized carbons (Fsp3) is 0.854. The van der Waals surface area contributed by atoms with Crippen LogP contribution in [-0.4, -0.2) is 55.4 Å². The highest BCUT2D eigenvalue weighted by molar-refractivity contribution is 5.75. The number of allylic oxidation sites excluding steroid dienone is 1. The Bertz CT molecular complexity index is 1020. The predicted molar refractivity (Wildman–Crippen MR) is 189 cm³/mol. The Morgan fingerprint density at radius 2 is 0.700 bits per heavy atom. The second-order valence-corrected chi connectivity index (χ2v) is 15.9. The lowest BCUT2D eigenvalue weighted by atomic mass is 9.88. The van der Waals surface area contributed by atoms with Crippen LogP contribution in [0.2, 0.25) is 0 Å². The molecule has 0 aliphatic heterocycles. The van der Waals surface area contributed by atoms with Crippen LogP contribution in [0.5, 0.6) is 0 Å². The summed E-state index contributed by atoms with van der Waals surface area (Å²) >= 11 is 0. The molecule has 0 aromatic rings. The molecule has 5 saturated carbocycles. The highest BCUT2D eigenvalue weighted by atomic mass is 16.6. The highest BCUT2D eigenvalue weighted by Crippen LogP contribution is 2.34. The van der Waals surface area contributed by atoms with Crippen molar-refractivity contribution in [3.8, 4) is 0 Å². The number of rotatable bonds is 15. The second-order valence-electron chi connectivity index (χ2n) is 15.9. The van der Waals surface area contributed by atoms with E-state index in [1.165, 1.54) is 6.42 Å². The SMILES string of the molecule is C=C(OC(COC(=O)C1CCCCC1)C(OC(=O)C1CCCCC1)C(COC(=O)C1CCCCC1)OC(=O)C1CCCCC1)C1CCCCC1. The second kappa shape index (κ2) is 20.5. The highest BCUT2D eigenvalue weighted by Gasteiger charge is 2.43. The van der Waals surface area contributed by atoms with E-state index in [1.54, 1.807) is 0 Å². The van der Waals surface area contributed by atoms with Gasteiger partial charge in [0, 0.05) is 5.92 Å². The summed E-state index contributed by atoms with van der Waals surface area (Å²) in [6.45, 7) is 3.88. The van der Waals surface area contributed by atoms with Gasteiger partial charge in [-0.25, -0.2) is 0 Å². The maximum Gasteiger partial charge on any atom is 0.309 e. The summed E-state index contributed by atoms with van der Waals surface area (Å²) in [5, 5.41) is 0. The Balaban J connectivity index is 1.42. The van der Waals surface area contributed by atoms with E-state index >= 15 is 0 Å². The molecule has 282 valence electrons. The summed E-state index contributed by atoms with van der Waals surface area (Å²) in [5.41, 5.74) is 0. The van der Waals surface area contributed by atoms with E-state index in [0.29, 0.717) is 5.76 Å². The molecule has 9 nitrogen and oxygen atoms in total. The molecule has 0 amide bonds. The van der Waals surface area contributed by atoms with Crippen molar-refractivity contribution in [1.29, 1.82) is 0 Å². The number of carbonyl (C=O) groups excluding carboxylic acids is 4. The maximum absolute atomic E-state index is 13.9. The molecule has 0 N–H and O–H groups in total. The van der Waals surface area contributed by atoms with E-state index in [9.17, 15) is 19.2 Å². The third-order valence-corrected chi connectivity index (χ3v) is 12.1. The molecule has 0 aromatic heterocycles. The maximum atomic E-state index is 13.9. The molecule has 0 bridgehead atoms. The minimum absolute atomic E-state index is 0.127. The van der Waals surface area contributed by atoms with Crippen molar-refractivity contribution in [2.45, 2.75) is 179 Å². The van der Waals surface area contributed by atoms with E-state index in [2.05, 4.69) is 6.58 Å². The number of ether oxygens (including phenoxy) is 5. The largest absolute Gasteiger partial charge is 0.487 e.